The summed E-state index contributed by atoms with van der Waals surface area (Å²) in [6.45, 7) is -0.571. The molecule has 2 amide bonds. The molecule has 2 aromatic rings. The van der Waals surface area contributed by atoms with Gasteiger partial charge < -0.3 is 4.74 Å². The molecule has 5 nitrogen and oxygen atoms in total. The number of hydrogen-bond donors (Lipinski definition) is 0. The summed E-state index contributed by atoms with van der Waals surface area (Å²) in [6.07, 6.45) is -4.56. The van der Waals surface area contributed by atoms with Crippen LogP contribution in [0, 0.1) is 0 Å². The number of hydrogen-bond acceptors (Lipinski definition) is 4. The Kier molecular flexibility index (Phi) is 4.27. The Labute approximate surface area is 146 Å². The van der Waals surface area contributed by atoms with Gasteiger partial charge in [0.15, 0.2) is 0 Å². The highest BCUT2D eigenvalue weighted by Crippen LogP contribution is 2.32. The highest BCUT2D eigenvalue weighted by atomic mass is 19.4. The third-order valence-corrected chi connectivity index (χ3v) is 4.01. The van der Waals surface area contributed by atoms with E-state index >= 15 is 0 Å². The van der Waals surface area contributed by atoms with Crippen LogP contribution in [0.2, 0.25) is 0 Å². The van der Waals surface area contributed by atoms with Crippen molar-refractivity contribution in [3.63, 3.8) is 0 Å². The van der Waals surface area contributed by atoms with Crippen molar-refractivity contribution in [1.29, 1.82) is 0 Å². The summed E-state index contributed by atoms with van der Waals surface area (Å²) in [5.74, 6) is -1.93. The Bertz CT molecular complexity index is 921. The lowest BCUT2D eigenvalue weighted by atomic mass is 10.1. The van der Waals surface area contributed by atoms with Crippen LogP contribution in [0.25, 0.3) is 0 Å². The van der Waals surface area contributed by atoms with E-state index in [2.05, 4.69) is 0 Å². The van der Waals surface area contributed by atoms with Crippen LogP contribution >= 0.6 is 0 Å². The first kappa shape index (κ1) is 17.7. The number of esters is 1. The van der Waals surface area contributed by atoms with Gasteiger partial charge in [0, 0.05) is 12.6 Å². The zero-order valence-electron chi connectivity index (χ0n) is 13.5. The van der Waals surface area contributed by atoms with Gasteiger partial charge in [-0.05, 0) is 24.3 Å². The van der Waals surface area contributed by atoms with E-state index in [0.717, 1.165) is 11.0 Å². The van der Waals surface area contributed by atoms with Gasteiger partial charge in [0.2, 0.25) is 0 Å². The number of alkyl halides is 3. The number of carbonyl (C=O) groups is 3. The molecule has 0 bridgehead atoms. The predicted octanol–water partition coefficient (Wildman–Crippen LogP) is 3.29. The molecule has 0 fully saturated rings. The van der Waals surface area contributed by atoms with Gasteiger partial charge in [-0.2, -0.15) is 13.2 Å². The molecule has 0 spiro atoms. The Morgan fingerprint density at radius 1 is 1.04 bits per heavy atom. The van der Waals surface area contributed by atoms with E-state index in [-0.39, 0.29) is 22.3 Å². The van der Waals surface area contributed by atoms with E-state index in [9.17, 15) is 27.6 Å². The normalized spacial score (nSPS) is 13.8. The van der Waals surface area contributed by atoms with Crippen molar-refractivity contribution in [2.75, 3.05) is 7.05 Å². The molecular weight excluding hydrogens is 351 g/mol. The minimum absolute atomic E-state index is 0.0234. The molecule has 0 saturated heterocycles. The van der Waals surface area contributed by atoms with Crippen LogP contribution in [0.4, 0.5) is 13.2 Å². The number of amides is 2. The lowest BCUT2D eigenvalue weighted by Crippen LogP contribution is -2.24. The third-order valence-electron chi connectivity index (χ3n) is 4.01. The number of benzene rings is 2. The third kappa shape index (κ3) is 3.05. The fourth-order valence-electron chi connectivity index (χ4n) is 2.64. The zero-order chi connectivity index (χ0) is 19.1. The second-order valence-electron chi connectivity index (χ2n) is 5.66. The standard InChI is InChI=1S/C18H12F3NO4/c1-22-15(23)12-7-6-10(8-13(12)16(22)24)17(25)26-9-11-4-2-3-5-14(11)18(19,20)21/h2-8H,9H2,1H3. The van der Waals surface area contributed by atoms with Crippen molar-refractivity contribution >= 4 is 17.8 Å². The second-order valence-corrected chi connectivity index (χ2v) is 5.66. The van der Waals surface area contributed by atoms with E-state index in [1.807, 2.05) is 0 Å². The Balaban J connectivity index is 1.79. The Hall–Kier alpha value is -3.16. The monoisotopic (exact) mass is 363 g/mol. The Morgan fingerprint density at radius 3 is 2.38 bits per heavy atom. The molecule has 1 heterocycles. The lowest BCUT2D eigenvalue weighted by molar-refractivity contribution is -0.138. The topological polar surface area (TPSA) is 63.7 Å². The van der Waals surface area contributed by atoms with Crippen LogP contribution in [0.3, 0.4) is 0 Å². The maximum atomic E-state index is 12.9. The molecule has 0 saturated carbocycles. The maximum absolute atomic E-state index is 12.9. The summed E-state index contributed by atoms with van der Waals surface area (Å²) >= 11 is 0. The summed E-state index contributed by atoms with van der Waals surface area (Å²) in [5, 5.41) is 0. The first-order valence-corrected chi connectivity index (χ1v) is 7.49. The second kappa shape index (κ2) is 6.29. The number of ether oxygens (including phenoxy) is 1. The van der Waals surface area contributed by atoms with Gasteiger partial charge in [-0.15, -0.1) is 0 Å². The van der Waals surface area contributed by atoms with Crippen molar-refractivity contribution in [3.8, 4) is 0 Å². The largest absolute Gasteiger partial charge is 0.457 e. The summed E-state index contributed by atoms with van der Waals surface area (Å²) in [7, 11) is 1.32. The van der Waals surface area contributed by atoms with Crippen molar-refractivity contribution in [3.05, 3.63) is 70.3 Å². The molecule has 0 N–H and O–H groups in total. The molecule has 0 unspecified atom stereocenters. The van der Waals surface area contributed by atoms with E-state index in [0.29, 0.717) is 0 Å². The number of rotatable bonds is 3. The fourth-order valence-corrected chi connectivity index (χ4v) is 2.64. The van der Waals surface area contributed by atoms with Gasteiger partial charge in [-0.25, -0.2) is 4.79 Å². The van der Waals surface area contributed by atoms with Crippen LogP contribution in [0.5, 0.6) is 0 Å². The maximum Gasteiger partial charge on any atom is 0.416 e. The number of carbonyl (C=O) groups excluding carboxylic acids is 3. The molecule has 1 aliphatic heterocycles. The predicted molar refractivity (Wildman–Crippen MR) is 83.4 cm³/mol. The molecule has 8 heteroatoms. The van der Waals surface area contributed by atoms with Gasteiger partial charge in [0.05, 0.1) is 22.3 Å². The highest BCUT2D eigenvalue weighted by Gasteiger charge is 2.34. The molecule has 0 radical (unpaired) electrons. The van der Waals surface area contributed by atoms with Crippen LogP contribution in [-0.4, -0.2) is 29.7 Å². The van der Waals surface area contributed by atoms with Crippen molar-refractivity contribution in [2.45, 2.75) is 12.8 Å². The smallest absolute Gasteiger partial charge is 0.416 e. The lowest BCUT2D eigenvalue weighted by Gasteiger charge is -2.13. The van der Waals surface area contributed by atoms with E-state index < -0.39 is 36.1 Å². The molecular formula is C18H12F3NO4. The van der Waals surface area contributed by atoms with Gasteiger partial charge >= 0.3 is 12.1 Å². The molecule has 0 aromatic heterocycles. The van der Waals surface area contributed by atoms with Crippen LogP contribution in [0.1, 0.15) is 42.2 Å². The molecule has 2 aromatic carbocycles. The fraction of sp³-hybridized carbons (Fsp3) is 0.167. The van der Waals surface area contributed by atoms with Crippen LogP contribution in [0.15, 0.2) is 42.5 Å². The molecule has 26 heavy (non-hydrogen) atoms. The van der Waals surface area contributed by atoms with Crippen LogP contribution < -0.4 is 0 Å². The quantitative estimate of drug-likeness (QED) is 0.620. The first-order valence-electron chi connectivity index (χ1n) is 7.49. The first-order chi connectivity index (χ1) is 12.2. The average molecular weight is 363 g/mol. The summed E-state index contributed by atoms with van der Waals surface area (Å²) < 4.78 is 43.8. The van der Waals surface area contributed by atoms with E-state index in [1.54, 1.807) is 0 Å². The van der Waals surface area contributed by atoms with E-state index in [4.69, 9.17) is 4.74 Å². The molecule has 0 atom stereocenters. The molecule has 134 valence electrons. The molecule has 0 aliphatic carbocycles. The Morgan fingerprint density at radius 2 is 1.69 bits per heavy atom. The number of nitrogens with zero attached hydrogens (tertiary/aromatic N) is 1. The van der Waals surface area contributed by atoms with Crippen LogP contribution in [-0.2, 0) is 17.5 Å². The van der Waals surface area contributed by atoms with Crippen molar-refractivity contribution in [2.24, 2.45) is 0 Å². The zero-order valence-corrected chi connectivity index (χ0v) is 13.5. The van der Waals surface area contributed by atoms with Crippen molar-refractivity contribution in [1.82, 2.24) is 4.90 Å². The minimum atomic E-state index is -4.56. The summed E-state index contributed by atoms with van der Waals surface area (Å²) in [5.41, 5.74) is -0.867. The van der Waals surface area contributed by atoms with E-state index in [1.165, 1.54) is 43.4 Å². The molecule has 1 aliphatic rings. The SMILES string of the molecule is CN1C(=O)c2ccc(C(=O)OCc3ccccc3C(F)(F)F)cc2C1=O. The van der Waals surface area contributed by atoms with Gasteiger partial charge in [0.25, 0.3) is 11.8 Å². The highest BCUT2D eigenvalue weighted by molar-refractivity contribution is 6.21. The van der Waals surface area contributed by atoms with Crippen molar-refractivity contribution < 1.29 is 32.3 Å². The minimum Gasteiger partial charge on any atom is -0.457 e. The number of imide groups is 1. The van der Waals surface area contributed by atoms with Gasteiger partial charge in [-0.3, -0.25) is 14.5 Å². The van der Waals surface area contributed by atoms with Gasteiger partial charge in [-0.1, -0.05) is 18.2 Å². The molecule has 3 rings (SSSR count). The summed E-state index contributed by atoms with van der Waals surface area (Å²) in [4.78, 5) is 36.8. The summed E-state index contributed by atoms with van der Waals surface area (Å²) in [6, 6.07) is 8.59. The van der Waals surface area contributed by atoms with Gasteiger partial charge in [0.1, 0.15) is 6.61 Å². The average Bonchev–Trinajstić information content (AvgIpc) is 2.83. The number of fused-ring (bicyclic) bond motifs is 1. The number of halogens is 3.